The van der Waals surface area contributed by atoms with Gasteiger partial charge in [-0.15, -0.1) is 0 Å². The molecule has 0 fully saturated rings. The van der Waals surface area contributed by atoms with Crippen molar-refractivity contribution in [2.45, 2.75) is 19.9 Å². The van der Waals surface area contributed by atoms with Crippen LogP contribution in [0.25, 0.3) is 11.4 Å². The molecule has 1 aromatic heterocycles. The van der Waals surface area contributed by atoms with E-state index in [0.717, 1.165) is 34.7 Å². The Morgan fingerprint density at radius 1 is 1.28 bits per heavy atom. The summed E-state index contributed by atoms with van der Waals surface area (Å²) in [6.45, 7) is 2.93. The zero-order chi connectivity index (χ0) is 13.1. The summed E-state index contributed by atoms with van der Waals surface area (Å²) in [7, 11) is 3.95. The van der Waals surface area contributed by atoms with E-state index in [-0.39, 0.29) is 0 Å². The number of rotatable bonds is 4. The molecule has 0 spiro atoms. The lowest BCUT2D eigenvalue weighted by Crippen LogP contribution is -2.05. The average Bonchev–Trinajstić information content (AvgIpc) is 2.68. The molecule has 0 unspecified atom stereocenters. The van der Waals surface area contributed by atoms with Crippen LogP contribution < -0.4 is 5.32 Å². The van der Waals surface area contributed by atoms with Crippen molar-refractivity contribution in [2.75, 3.05) is 7.05 Å². The largest absolute Gasteiger partial charge is 0.322 e. The van der Waals surface area contributed by atoms with Gasteiger partial charge < -0.3 is 9.88 Å². The van der Waals surface area contributed by atoms with Crippen molar-refractivity contribution in [2.24, 2.45) is 7.05 Å². The molecule has 2 rings (SSSR count). The minimum atomic E-state index is 0.765. The van der Waals surface area contributed by atoms with Crippen molar-refractivity contribution in [3.63, 3.8) is 0 Å². The maximum absolute atomic E-state index is 4.68. The molecular formula is C14H18BrN3. The van der Waals surface area contributed by atoms with Crippen LogP contribution in [0.5, 0.6) is 0 Å². The smallest absolute Gasteiger partial charge is 0.140 e. The van der Waals surface area contributed by atoms with Crippen molar-refractivity contribution in [3.8, 4) is 11.4 Å². The van der Waals surface area contributed by atoms with Crippen LogP contribution in [0.4, 0.5) is 0 Å². The quantitative estimate of drug-likeness (QED) is 0.940. The van der Waals surface area contributed by atoms with Crippen molar-refractivity contribution in [3.05, 3.63) is 40.1 Å². The molecule has 0 aliphatic rings. The third-order valence-electron chi connectivity index (χ3n) is 3.06. The van der Waals surface area contributed by atoms with E-state index in [1.807, 2.05) is 14.1 Å². The van der Waals surface area contributed by atoms with Crippen LogP contribution in [0.2, 0.25) is 0 Å². The van der Waals surface area contributed by atoms with Crippen LogP contribution in [0.1, 0.15) is 18.2 Å². The fourth-order valence-corrected chi connectivity index (χ4v) is 2.36. The molecule has 0 bridgehead atoms. The predicted octanol–water partition coefficient (Wildman–Crippen LogP) is 3.13. The Kier molecular flexibility index (Phi) is 4.19. The number of nitrogens with one attached hydrogen (secondary N) is 1. The number of aryl methyl sites for hydroxylation is 1. The van der Waals surface area contributed by atoms with Gasteiger partial charge in [0.15, 0.2) is 0 Å². The van der Waals surface area contributed by atoms with Crippen LogP contribution in [0.3, 0.4) is 0 Å². The number of halogens is 1. The molecule has 3 nitrogen and oxygen atoms in total. The highest BCUT2D eigenvalue weighted by molar-refractivity contribution is 9.10. The second-order valence-electron chi connectivity index (χ2n) is 4.31. The highest BCUT2D eigenvalue weighted by Gasteiger charge is 2.13. The summed E-state index contributed by atoms with van der Waals surface area (Å²) in [5.41, 5.74) is 3.54. The molecule has 2 aromatic rings. The molecule has 4 heteroatoms. The lowest BCUT2D eigenvalue weighted by molar-refractivity contribution is 0.788. The number of hydrogen-bond acceptors (Lipinski definition) is 2. The van der Waals surface area contributed by atoms with Gasteiger partial charge in [0, 0.05) is 19.2 Å². The van der Waals surface area contributed by atoms with Gasteiger partial charge in [-0.2, -0.15) is 0 Å². The van der Waals surface area contributed by atoms with Crippen LogP contribution in [-0.2, 0) is 20.0 Å². The molecule has 0 amide bonds. The highest BCUT2D eigenvalue weighted by atomic mass is 79.9. The van der Waals surface area contributed by atoms with Gasteiger partial charge >= 0.3 is 0 Å². The monoisotopic (exact) mass is 307 g/mol. The number of benzene rings is 1. The minimum absolute atomic E-state index is 0.765. The van der Waals surface area contributed by atoms with E-state index < -0.39 is 0 Å². The zero-order valence-electron chi connectivity index (χ0n) is 11.0. The normalized spacial score (nSPS) is 10.9. The summed E-state index contributed by atoms with van der Waals surface area (Å²) < 4.78 is 3.11. The van der Waals surface area contributed by atoms with Crippen molar-refractivity contribution >= 4 is 15.9 Å². The van der Waals surface area contributed by atoms with E-state index in [1.54, 1.807) is 0 Å². The molecule has 1 heterocycles. The molecule has 0 saturated heterocycles. The topological polar surface area (TPSA) is 29.9 Å². The Bertz CT molecular complexity index is 529. The molecule has 0 radical (unpaired) electrons. The molecule has 0 atom stereocenters. The van der Waals surface area contributed by atoms with E-state index in [0.29, 0.717) is 0 Å². The first-order chi connectivity index (χ1) is 8.67. The van der Waals surface area contributed by atoms with Crippen molar-refractivity contribution < 1.29 is 0 Å². The second kappa shape index (κ2) is 5.67. The molecule has 1 N–H and O–H groups in total. The predicted molar refractivity (Wildman–Crippen MR) is 78.5 cm³/mol. The van der Waals surface area contributed by atoms with Crippen molar-refractivity contribution in [1.29, 1.82) is 0 Å². The summed E-state index contributed by atoms with van der Waals surface area (Å²) in [4.78, 5) is 4.68. The first-order valence-corrected chi connectivity index (χ1v) is 6.91. The first kappa shape index (κ1) is 13.3. The zero-order valence-corrected chi connectivity index (χ0v) is 12.6. The van der Waals surface area contributed by atoms with Gasteiger partial charge in [-0.1, -0.05) is 31.2 Å². The van der Waals surface area contributed by atoms with Gasteiger partial charge in [-0.3, -0.25) is 0 Å². The highest BCUT2D eigenvalue weighted by Crippen LogP contribution is 2.25. The Morgan fingerprint density at radius 3 is 2.50 bits per heavy atom. The third kappa shape index (κ3) is 2.49. The number of nitrogens with zero attached hydrogens (tertiary/aromatic N) is 2. The first-order valence-electron chi connectivity index (χ1n) is 6.12. The Balaban J connectivity index is 2.40. The number of imidazole rings is 1. The lowest BCUT2D eigenvalue weighted by atomic mass is 10.1. The van der Waals surface area contributed by atoms with Crippen LogP contribution in [0.15, 0.2) is 28.9 Å². The van der Waals surface area contributed by atoms with Gasteiger partial charge in [0.05, 0.1) is 5.69 Å². The van der Waals surface area contributed by atoms with E-state index in [9.17, 15) is 0 Å². The second-order valence-corrected chi connectivity index (χ2v) is 5.06. The molecule has 0 aliphatic carbocycles. The molecule has 0 saturated carbocycles. The average molecular weight is 308 g/mol. The standard InChI is InChI=1S/C14H18BrN3/c1-4-10-5-7-11(8-6-10)14-17-12(9-16-2)13(15)18(14)3/h5-8,16H,4,9H2,1-3H3. The summed E-state index contributed by atoms with van der Waals surface area (Å²) in [6, 6.07) is 8.60. The molecule has 0 aliphatic heterocycles. The minimum Gasteiger partial charge on any atom is -0.322 e. The fraction of sp³-hybridized carbons (Fsp3) is 0.357. The lowest BCUT2D eigenvalue weighted by Gasteiger charge is -2.03. The number of hydrogen-bond donors (Lipinski definition) is 1. The summed E-state index contributed by atoms with van der Waals surface area (Å²) in [5.74, 6) is 0.995. The molecule has 1 aromatic carbocycles. The third-order valence-corrected chi connectivity index (χ3v) is 4.05. The van der Waals surface area contributed by atoms with Crippen LogP contribution >= 0.6 is 15.9 Å². The Hall–Kier alpha value is -1.13. The van der Waals surface area contributed by atoms with E-state index in [2.05, 4.69) is 62.0 Å². The van der Waals surface area contributed by atoms with Gasteiger partial charge in [0.2, 0.25) is 0 Å². The molecule has 18 heavy (non-hydrogen) atoms. The van der Waals surface area contributed by atoms with Gasteiger partial charge in [0.1, 0.15) is 10.4 Å². The van der Waals surface area contributed by atoms with Gasteiger partial charge in [-0.05, 0) is 35.0 Å². The Morgan fingerprint density at radius 2 is 1.94 bits per heavy atom. The number of aromatic nitrogens is 2. The SMILES string of the molecule is CCc1ccc(-c2nc(CNC)c(Br)n2C)cc1. The van der Waals surface area contributed by atoms with Gasteiger partial charge in [-0.25, -0.2) is 4.98 Å². The molecular weight excluding hydrogens is 290 g/mol. The summed E-state index contributed by atoms with van der Waals surface area (Å²) >= 11 is 3.59. The maximum atomic E-state index is 4.68. The van der Waals surface area contributed by atoms with E-state index in [4.69, 9.17) is 0 Å². The Labute approximate surface area is 116 Å². The van der Waals surface area contributed by atoms with E-state index >= 15 is 0 Å². The summed E-state index contributed by atoms with van der Waals surface area (Å²) in [5, 5.41) is 3.13. The van der Waals surface area contributed by atoms with E-state index in [1.165, 1.54) is 5.56 Å². The van der Waals surface area contributed by atoms with Gasteiger partial charge in [0.25, 0.3) is 0 Å². The van der Waals surface area contributed by atoms with Crippen LogP contribution in [-0.4, -0.2) is 16.6 Å². The fourth-order valence-electron chi connectivity index (χ4n) is 1.96. The molecule has 96 valence electrons. The van der Waals surface area contributed by atoms with Crippen LogP contribution in [0, 0.1) is 0 Å². The van der Waals surface area contributed by atoms with Crippen molar-refractivity contribution in [1.82, 2.24) is 14.9 Å². The summed E-state index contributed by atoms with van der Waals surface area (Å²) in [6.07, 6.45) is 1.07. The maximum Gasteiger partial charge on any atom is 0.140 e.